The highest BCUT2D eigenvalue weighted by Gasteiger charge is 2.21. The Labute approximate surface area is 145 Å². The van der Waals surface area contributed by atoms with E-state index in [1.54, 1.807) is 10.7 Å². The molecule has 7 heteroatoms. The second-order valence-electron chi connectivity index (χ2n) is 6.33. The molecule has 1 unspecified atom stereocenters. The molecule has 0 radical (unpaired) electrons. The van der Waals surface area contributed by atoms with Gasteiger partial charge in [-0.05, 0) is 30.7 Å². The van der Waals surface area contributed by atoms with Gasteiger partial charge in [-0.1, -0.05) is 13.0 Å². The highest BCUT2D eigenvalue weighted by molar-refractivity contribution is 5.31. The van der Waals surface area contributed by atoms with E-state index < -0.39 is 0 Å². The van der Waals surface area contributed by atoms with E-state index in [9.17, 15) is 4.39 Å². The second kappa shape index (κ2) is 6.76. The van der Waals surface area contributed by atoms with Crippen molar-refractivity contribution < 1.29 is 4.39 Å². The molecule has 1 aliphatic heterocycles. The van der Waals surface area contributed by atoms with Crippen molar-refractivity contribution in [3.8, 4) is 5.69 Å². The summed E-state index contributed by atoms with van der Waals surface area (Å²) in [6, 6.07) is 8.75. The van der Waals surface area contributed by atoms with Crippen molar-refractivity contribution in [2.75, 3.05) is 0 Å². The minimum absolute atomic E-state index is 0.259. The van der Waals surface area contributed by atoms with Crippen LogP contribution in [0.3, 0.4) is 0 Å². The van der Waals surface area contributed by atoms with Crippen molar-refractivity contribution >= 4 is 0 Å². The summed E-state index contributed by atoms with van der Waals surface area (Å²) < 4.78 is 17.0. The van der Waals surface area contributed by atoms with Gasteiger partial charge in [0.1, 0.15) is 11.6 Å². The number of halogens is 1. The Kier molecular flexibility index (Phi) is 4.31. The van der Waals surface area contributed by atoms with Crippen LogP contribution in [0, 0.1) is 5.82 Å². The molecule has 0 aliphatic carbocycles. The van der Waals surface area contributed by atoms with Crippen LogP contribution in [0.25, 0.3) is 5.69 Å². The third-order valence-corrected chi connectivity index (χ3v) is 4.51. The molecule has 25 heavy (non-hydrogen) atoms. The van der Waals surface area contributed by atoms with Crippen molar-refractivity contribution in [3.63, 3.8) is 0 Å². The summed E-state index contributed by atoms with van der Waals surface area (Å²) in [5.74, 6) is 1.75. The lowest BCUT2D eigenvalue weighted by Crippen LogP contribution is -2.37. The SMILES string of the molecule is CCc1nc2n(n1)CC(NCc1ccn(-c3cccc(F)c3)n1)CC2. The van der Waals surface area contributed by atoms with Crippen LogP contribution in [0.15, 0.2) is 36.5 Å². The normalized spacial score (nSPS) is 16.8. The number of hydrogen-bond acceptors (Lipinski definition) is 4. The number of nitrogens with zero attached hydrogens (tertiary/aromatic N) is 5. The maximum absolute atomic E-state index is 13.3. The lowest BCUT2D eigenvalue weighted by Gasteiger charge is -2.23. The largest absolute Gasteiger partial charge is 0.306 e. The van der Waals surface area contributed by atoms with Crippen LogP contribution < -0.4 is 5.32 Å². The van der Waals surface area contributed by atoms with Gasteiger partial charge in [0.15, 0.2) is 5.82 Å². The molecule has 4 rings (SSSR count). The number of fused-ring (bicyclic) bond motifs is 1. The molecule has 0 bridgehead atoms. The Hall–Kier alpha value is -2.54. The fourth-order valence-corrected chi connectivity index (χ4v) is 3.14. The van der Waals surface area contributed by atoms with E-state index in [1.807, 2.05) is 23.0 Å². The summed E-state index contributed by atoms with van der Waals surface area (Å²) in [6.07, 6.45) is 4.72. The fraction of sp³-hybridized carbons (Fsp3) is 0.389. The van der Waals surface area contributed by atoms with E-state index in [0.29, 0.717) is 12.6 Å². The van der Waals surface area contributed by atoms with Gasteiger partial charge in [-0.2, -0.15) is 10.2 Å². The third kappa shape index (κ3) is 3.46. The van der Waals surface area contributed by atoms with Crippen molar-refractivity contribution in [2.45, 2.75) is 45.3 Å². The van der Waals surface area contributed by atoms with Crippen molar-refractivity contribution in [3.05, 3.63) is 59.7 Å². The topological polar surface area (TPSA) is 60.6 Å². The molecule has 0 fully saturated rings. The molecule has 3 heterocycles. The first-order chi connectivity index (χ1) is 12.2. The minimum Gasteiger partial charge on any atom is -0.306 e. The first-order valence-electron chi connectivity index (χ1n) is 8.67. The van der Waals surface area contributed by atoms with E-state index in [0.717, 1.165) is 48.8 Å². The van der Waals surface area contributed by atoms with Crippen LogP contribution in [0.4, 0.5) is 4.39 Å². The van der Waals surface area contributed by atoms with Gasteiger partial charge in [-0.15, -0.1) is 0 Å². The molecule has 1 N–H and O–H groups in total. The molecule has 6 nitrogen and oxygen atoms in total. The molecular weight excluding hydrogens is 319 g/mol. The van der Waals surface area contributed by atoms with Gasteiger partial charge >= 0.3 is 0 Å². The van der Waals surface area contributed by atoms with E-state index >= 15 is 0 Å². The fourth-order valence-electron chi connectivity index (χ4n) is 3.14. The van der Waals surface area contributed by atoms with Gasteiger partial charge < -0.3 is 5.32 Å². The highest BCUT2D eigenvalue weighted by Crippen LogP contribution is 2.14. The van der Waals surface area contributed by atoms with Crippen LogP contribution in [-0.4, -0.2) is 30.6 Å². The average Bonchev–Trinajstić information content (AvgIpc) is 3.26. The Bertz CT molecular complexity index is 868. The van der Waals surface area contributed by atoms with E-state index in [2.05, 4.69) is 27.4 Å². The molecule has 0 saturated heterocycles. The molecule has 1 aromatic carbocycles. The molecule has 2 aromatic heterocycles. The van der Waals surface area contributed by atoms with Crippen LogP contribution in [0.5, 0.6) is 0 Å². The van der Waals surface area contributed by atoms with Gasteiger partial charge in [0.25, 0.3) is 0 Å². The van der Waals surface area contributed by atoms with Crippen LogP contribution in [0.1, 0.15) is 30.7 Å². The summed E-state index contributed by atoms with van der Waals surface area (Å²) in [5, 5.41) is 12.6. The Morgan fingerprint density at radius 1 is 1.28 bits per heavy atom. The molecule has 0 spiro atoms. The van der Waals surface area contributed by atoms with Crippen molar-refractivity contribution in [2.24, 2.45) is 0 Å². The van der Waals surface area contributed by atoms with Gasteiger partial charge in [-0.3, -0.25) is 0 Å². The van der Waals surface area contributed by atoms with Crippen LogP contribution in [0.2, 0.25) is 0 Å². The number of aryl methyl sites for hydroxylation is 2. The maximum Gasteiger partial charge on any atom is 0.150 e. The zero-order chi connectivity index (χ0) is 17.2. The van der Waals surface area contributed by atoms with Gasteiger partial charge in [0.05, 0.1) is 17.9 Å². The molecule has 130 valence electrons. The molecule has 1 atom stereocenters. The summed E-state index contributed by atoms with van der Waals surface area (Å²) in [5.41, 5.74) is 1.66. The summed E-state index contributed by atoms with van der Waals surface area (Å²) in [6.45, 7) is 3.59. The summed E-state index contributed by atoms with van der Waals surface area (Å²) in [4.78, 5) is 4.54. The maximum atomic E-state index is 13.3. The lowest BCUT2D eigenvalue weighted by molar-refractivity contribution is 0.356. The summed E-state index contributed by atoms with van der Waals surface area (Å²) >= 11 is 0. The third-order valence-electron chi connectivity index (χ3n) is 4.51. The zero-order valence-electron chi connectivity index (χ0n) is 14.2. The summed E-state index contributed by atoms with van der Waals surface area (Å²) in [7, 11) is 0. The highest BCUT2D eigenvalue weighted by atomic mass is 19.1. The van der Waals surface area contributed by atoms with Gasteiger partial charge in [0.2, 0.25) is 0 Å². The van der Waals surface area contributed by atoms with Gasteiger partial charge in [0, 0.05) is 31.6 Å². The smallest absolute Gasteiger partial charge is 0.150 e. The monoisotopic (exact) mass is 340 g/mol. The van der Waals surface area contributed by atoms with Crippen molar-refractivity contribution in [1.82, 2.24) is 29.9 Å². The quantitative estimate of drug-likeness (QED) is 0.774. The van der Waals surface area contributed by atoms with E-state index in [-0.39, 0.29) is 5.82 Å². The number of nitrogens with one attached hydrogen (secondary N) is 1. The van der Waals surface area contributed by atoms with E-state index in [4.69, 9.17) is 0 Å². The van der Waals surface area contributed by atoms with Crippen molar-refractivity contribution in [1.29, 1.82) is 0 Å². The molecular formula is C18H21FN6. The minimum atomic E-state index is -0.259. The Morgan fingerprint density at radius 2 is 2.20 bits per heavy atom. The molecule has 1 aliphatic rings. The molecule has 0 amide bonds. The second-order valence-corrected chi connectivity index (χ2v) is 6.33. The number of rotatable bonds is 5. The van der Waals surface area contributed by atoms with E-state index in [1.165, 1.54) is 12.1 Å². The first kappa shape index (κ1) is 16.0. The Balaban J connectivity index is 1.38. The first-order valence-corrected chi connectivity index (χ1v) is 8.67. The zero-order valence-corrected chi connectivity index (χ0v) is 14.2. The Morgan fingerprint density at radius 3 is 3.04 bits per heavy atom. The molecule has 3 aromatic rings. The van der Waals surface area contributed by atoms with Gasteiger partial charge in [-0.25, -0.2) is 18.7 Å². The molecule has 0 saturated carbocycles. The predicted octanol–water partition coefficient (Wildman–Crippen LogP) is 2.27. The predicted molar refractivity (Wildman–Crippen MR) is 91.9 cm³/mol. The lowest BCUT2D eigenvalue weighted by atomic mass is 10.1. The number of benzene rings is 1. The van der Waals surface area contributed by atoms with Crippen LogP contribution >= 0.6 is 0 Å². The number of aromatic nitrogens is 5. The number of hydrogen-bond donors (Lipinski definition) is 1. The standard InChI is InChI=1S/C18H21FN6/c1-2-17-21-18-7-6-15(12-25(18)23-17)20-11-14-8-9-24(22-14)16-5-3-4-13(19)10-16/h3-5,8-10,15,20H,2,6-7,11-12H2,1H3. The van der Waals surface area contributed by atoms with Crippen LogP contribution in [-0.2, 0) is 25.9 Å². The average molecular weight is 340 g/mol.